The molecule has 0 bridgehead atoms. The molecule has 0 amide bonds. The van der Waals surface area contributed by atoms with Crippen LogP contribution in [0.1, 0.15) is 0 Å². The Hall–Kier alpha value is 0.460. The Morgan fingerprint density at radius 2 is 2.20 bits per heavy atom. The molecule has 5 heavy (non-hydrogen) atoms. The Kier molecular flexibility index (Phi) is 2.93. The van der Waals surface area contributed by atoms with Gasteiger partial charge in [0.2, 0.25) is 0 Å². The Balaban J connectivity index is 2.85. The number of hydrogen-bond donors (Lipinski definition) is 0. The topological polar surface area (TPSA) is 0 Å². The maximum Gasteiger partial charge on any atom is 0.0147 e. The van der Waals surface area contributed by atoms with Crippen LogP contribution in [-0.4, -0.2) is 6.16 Å². The smallest absolute Gasteiger partial charge is 0.0147 e. The van der Waals surface area contributed by atoms with Crippen LogP contribution in [0.15, 0.2) is 11.6 Å². The van der Waals surface area contributed by atoms with Gasteiger partial charge in [0.05, 0.1) is 0 Å². The van der Waals surface area contributed by atoms with Crippen LogP contribution in [0.3, 0.4) is 0 Å². The Morgan fingerprint density at radius 1 is 2.00 bits per heavy atom. The molecule has 0 aromatic heterocycles. The van der Waals surface area contributed by atoms with Crippen LogP contribution in [0, 0.1) is 0 Å². The highest BCUT2D eigenvalue weighted by Crippen LogP contribution is 1.98. The molecule has 0 heterocycles. The van der Waals surface area contributed by atoms with Crippen LogP contribution < -0.4 is 0 Å². The number of allylic oxidation sites excluding steroid dienone is 1. The van der Waals surface area contributed by atoms with E-state index in [1.807, 2.05) is 0 Å². The van der Waals surface area contributed by atoms with Gasteiger partial charge in [-0.25, -0.2) is 0 Å². The van der Waals surface area contributed by atoms with Crippen molar-refractivity contribution >= 4 is 20.8 Å². The molecule has 0 radical (unpaired) electrons. The van der Waals surface area contributed by atoms with Crippen LogP contribution in [0.4, 0.5) is 0 Å². The molecule has 0 aromatic carbocycles. The molecule has 0 nitrogen and oxygen atoms in total. The van der Waals surface area contributed by atoms with Crippen molar-refractivity contribution in [2.75, 3.05) is 6.16 Å². The van der Waals surface area contributed by atoms with Crippen molar-refractivity contribution in [1.29, 1.82) is 0 Å². The summed E-state index contributed by atoms with van der Waals surface area (Å²) >= 11 is 5.25. The summed E-state index contributed by atoms with van der Waals surface area (Å²) in [6, 6.07) is 0. The molecular weight excluding hydrogens is 102 g/mol. The molecule has 0 aliphatic heterocycles. The van der Waals surface area contributed by atoms with E-state index in [9.17, 15) is 0 Å². The molecular formula is C3H6ClP. The van der Waals surface area contributed by atoms with E-state index < -0.39 is 0 Å². The lowest BCUT2D eigenvalue weighted by molar-refractivity contribution is 1.75. The predicted molar refractivity (Wildman–Crippen MR) is 29.6 cm³/mol. The first kappa shape index (κ1) is 5.46. The molecule has 0 aliphatic carbocycles. The third kappa shape index (κ3) is 4.46. The molecule has 0 fully saturated rings. The standard InChI is InChI=1S/C3H6ClP/c1-3(4)2-5/h1-2,5H2. The van der Waals surface area contributed by atoms with Crippen molar-refractivity contribution < 1.29 is 0 Å². The summed E-state index contributed by atoms with van der Waals surface area (Å²) in [5.74, 6) is 0. The van der Waals surface area contributed by atoms with Crippen molar-refractivity contribution in [3.8, 4) is 0 Å². The molecule has 2 heteroatoms. The van der Waals surface area contributed by atoms with Crippen molar-refractivity contribution in [2.24, 2.45) is 0 Å². The molecule has 0 rings (SSSR count). The maximum absolute atomic E-state index is 5.25. The van der Waals surface area contributed by atoms with Gasteiger partial charge in [-0.3, -0.25) is 0 Å². The van der Waals surface area contributed by atoms with E-state index in [0.29, 0.717) is 5.03 Å². The van der Waals surface area contributed by atoms with Crippen molar-refractivity contribution in [3.63, 3.8) is 0 Å². The highest BCUT2D eigenvalue weighted by molar-refractivity contribution is 7.17. The fourth-order valence-corrected chi connectivity index (χ4v) is 0. The molecule has 0 aliphatic rings. The van der Waals surface area contributed by atoms with Crippen LogP contribution in [0.2, 0.25) is 0 Å². The maximum atomic E-state index is 5.25. The van der Waals surface area contributed by atoms with Gasteiger partial charge in [-0.05, 0) is 6.16 Å². The lowest BCUT2D eigenvalue weighted by Crippen LogP contribution is -1.59. The molecule has 30 valence electrons. The van der Waals surface area contributed by atoms with Gasteiger partial charge in [-0.2, -0.15) is 0 Å². The van der Waals surface area contributed by atoms with Gasteiger partial charge in [0.15, 0.2) is 0 Å². The second-order valence-electron chi connectivity index (χ2n) is 0.721. The van der Waals surface area contributed by atoms with E-state index in [1.54, 1.807) is 0 Å². The van der Waals surface area contributed by atoms with Crippen LogP contribution in [0.5, 0.6) is 0 Å². The van der Waals surface area contributed by atoms with Crippen LogP contribution in [-0.2, 0) is 0 Å². The summed E-state index contributed by atoms with van der Waals surface area (Å²) in [6.07, 6.45) is 0.793. The molecule has 0 saturated heterocycles. The van der Waals surface area contributed by atoms with Crippen molar-refractivity contribution in [2.45, 2.75) is 0 Å². The molecule has 0 aromatic rings. The van der Waals surface area contributed by atoms with E-state index in [0.717, 1.165) is 6.16 Å². The second kappa shape index (κ2) is 2.68. The van der Waals surface area contributed by atoms with E-state index in [2.05, 4.69) is 15.8 Å². The molecule has 0 N–H and O–H groups in total. The van der Waals surface area contributed by atoms with Gasteiger partial charge in [0.1, 0.15) is 0 Å². The first-order valence-electron chi connectivity index (χ1n) is 1.30. The Morgan fingerprint density at radius 3 is 2.20 bits per heavy atom. The highest BCUT2D eigenvalue weighted by Gasteiger charge is 1.71. The van der Waals surface area contributed by atoms with Crippen molar-refractivity contribution in [3.05, 3.63) is 11.6 Å². The zero-order chi connectivity index (χ0) is 4.28. The third-order valence-electron chi connectivity index (χ3n) is 0.221. The molecule has 1 unspecified atom stereocenters. The highest BCUT2D eigenvalue weighted by atomic mass is 35.5. The average molecular weight is 109 g/mol. The quantitative estimate of drug-likeness (QED) is 0.448. The van der Waals surface area contributed by atoms with Crippen LogP contribution >= 0.6 is 20.8 Å². The van der Waals surface area contributed by atoms with Gasteiger partial charge in [-0.1, -0.05) is 18.2 Å². The lowest BCUT2D eigenvalue weighted by atomic mass is 10.7. The van der Waals surface area contributed by atoms with Gasteiger partial charge in [0.25, 0.3) is 0 Å². The number of rotatable bonds is 1. The predicted octanol–water partition coefficient (Wildman–Crippen LogP) is 1.61. The fourth-order valence-electron chi connectivity index (χ4n) is 0. The fraction of sp³-hybridized carbons (Fsp3) is 0.333. The van der Waals surface area contributed by atoms with Crippen LogP contribution in [0.25, 0.3) is 0 Å². The minimum absolute atomic E-state index is 0.690. The lowest BCUT2D eigenvalue weighted by Gasteiger charge is -1.76. The first-order valence-corrected chi connectivity index (χ1v) is 2.50. The first-order chi connectivity index (χ1) is 2.27. The molecule has 0 saturated carbocycles. The SMILES string of the molecule is C=C(Cl)CP. The van der Waals surface area contributed by atoms with E-state index >= 15 is 0 Å². The van der Waals surface area contributed by atoms with E-state index in [4.69, 9.17) is 11.6 Å². The van der Waals surface area contributed by atoms with Gasteiger partial charge >= 0.3 is 0 Å². The zero-order valence-electron chi connectivity index (χ0n) is 2.87. The summed E-state index contributed by atoms with van der Waals surface area (Å²) in [7, 11) is 2.46. The monoisotopic (exact) mass is 108 g/mol. The number of hydrogen-bond acceptors (Lipinski definition) is 0. The summed E-state index contributed by atoms with van der Waals surface area (Å²) in [5.41, 5.74) is 0. The summed E-state index contributed by atoms with van der Waals surface area (Å²) in [6.45, 7) is 3.42. The Labute approximate surface area is 39.4 Å². The average Bonchev–Trinajstić information content (AvgIpc) is 1.38. The summed E-state index contributed by atoms with van der Waals surface area (Å²) < 4.78 is 0. The summed E-state index contributed by atoms with van der Waals surface area (Å²) in [5, 5.41) is 0.690. The molecule has 1 atom stereocenters. The van der Waals surface area contributed by atoms with E-state index in [-0.39, 0.29) is 0 Å². The minimum Gasteiger partial charge on any atom is -0.132 e. The Bertz CT molecular complexity index is 42.2. The summed E-state index contributed by atoms with van der Waals surface area (Å²) in [4.78, 5) is 0. The minimum atomic E-state index is 0.690. The zero-order valence-corrected chi connectivity index (χ0v) is 4.78. The van der Waals surface area contributed by atoms with Gasteiger partial charge in [0, 0.05) is 5.03 Å². The van der Waals surface area contributed by atoms with Gasteiger partial charge in [-0.15, -0.1) is 9.24 Å². The van der Waals surface area contributed by atoms with E-state index in [1.165, 1.54) is 0 Å². The third-order valence-corrected chi connectivity index (χ3v) is 1.13. The normalized spacial score (nSPS) is 7.60. The van der Waals surface area contributed by atoms with Crippen molar-refractivity contribution in [1.82, 2.24) is 0 Å². The second-order valence-corrected chi connectivity index (χ2v) is 1.66. The number of halogens is 1. The molecule has 0 spiro atoms. The largest absolute Gasteiger partial charge is 0.132 e. The van der Waals surface area contributed by atoms with Gasteiger partial charge < -0.3 is 0 Å².